The Kier molecular flexibility index (Phi) is 13.2. The summed E-state index contributed by atoms with van der Waals surface area (Å²) in [5.74, 6) is 1.74. The molecule has 38 heavy (non-hydrogen) atoms. The van der Waals surface area contributed by atoms with E-state index in [0.29, 0.717) is 13.2 Å². The molecule has 2 N–H and O–H groups in total. The van der Waals surface area contributed by atoms with Gasteiger partial charge in [-0.15, -0.1) is 0 Å². The lowest BCUT2D eigenvalue weighted by Gasteiger charge is -2.15. The SMILES string of the molecule is CCCCC(O)CCCOc1ccccc1-c1ccc(-c2ccccc2OCCCC(O)CCCC)cc1. The Bertz CT molecular complexity index is 962. The van der Waals surface area contributed by atoms with Gasteiger partial charge in [-0.25, -0.2) is 0 Å². The third kappa shape index (κ3) is 9.81. The Hall–Kier alpha value is -2.82. The second-order valence-electron chi connectivity index (χ2n) is 10.1. The molecule has 0 aromatic heterocycles. The lowest BCUT2D eigenvalue weighted by atomic mass is 9.99. The van der Waals surface area contributed by atoms with Gasteiger partial charge in [0.05, 0.1) is 25.4 Å². The van der Waals surface area contributed by atoms with Gasteiger partial charge in [0.25, 0.3) is 0 Å². The number of benzene rings is 3. The molecule has 0 saturated heterocycles. The van der Waals surface area contributed by atoms with Crippen molar-refractivity contribution in [3.8, 4) is 33.8 Å². The largest absolute Gasteiger partial charge is 0.493 e. The lowest BCUT2D eigenvalue weighted by molar-refractivity contribution is 0.141. The Balaban J connectivity index is 1.59. The molecule has 0 aliphatic carbocycles. The first kappa shape index (κ1) is 29.7. The fraction of sp³-hybridized carbons (Fsp3) is 0.471. The Morgan fingerprint density at radius 3 is 1.29 bits per heavy atom. The van der Waals surface area contributed by atoms with Crippen molar-refractivity contribution in [3.63, 3.8) is 0 Å². The van der Waals surface area contributed by atoms with E-state index in [4.69, 9.17) is 9.47 Å². The number of aliphatic hydroxyl groups is 2. The van der Waals surface area contributed by atoms with E-state index >= 15 is 0 Å². The van der Waals surface area contributed by atoms with Gasteiger partial charge in [0.2, 0.25) is 0 Å². The maximum absolute atomic E-state index is 10.1. The molecule has 2 unspecified atom stereocenters. The molecular weight excluding hydrogens is 472 g/mol. The van der Waals surface area contributed by atoms with Crippen molar-refractivity contribution in [3.05, 3.63) is 72.8 Å². The van der Waals surface area contributed by atoms with Gasteiger partial charge in [-0.1, -0.05) is 100 Å². The minimum atomic E-state index is -0.231. The fourth-order valence-corrected chi connectivity index (χ4v) is 4.66. The number of rotatable bonds is 18. The normalized spacial score (nSPS) is 12.7. The van der Waals surface area contributed by atoms with Crippen molar-refractivity contribution >= 4 is 0 Å². The zero-order valence-corrected chi connectivity index (χ0v) is 23.3. The first-order chi connectivity index (χ1) is 18.6. The van der Waals surface area contributed by atoms with Crippen molar-refractivity contribution in [2.45, 2.75) is 90.3 Å². The van der Waals surface area contributed by atoms with Crippen molar-refractivity contribution in [2.75, 3.05) is 13.2 Å². The first-order valence-electron chi connectivity index (χ1n) is 14.5. The summed E-state index contributed by atoms with van der Waals surface area (Å²) in [4.78, 5) is 0. The minimum Gasteiger partial charge on any atom is -0.493 e. The molecular formula is C34H46O4. The highest BCUT2D eigenvalue weighted by atomic mass is 16.5. The summed E-state index contributed by atoms with van der Waals surface area (Å²) in [5, 5.41) is 20.2. The number of aliphatic hydroxyl groups excluding tert-OH is 2. The smallest absolute Gasteiger partial charge is 0.127 e. The van der Waals surface area contributed by atoms with Crippen LogP contribution in [0.25, 0.3) is 22.3 Å². The minimum absolute atomic E-state index is 0.231. The molecule has 0 amide bonds. The highest BCUT2D eigenvalue weighted by Gasteiger charge is 2.10. The van der Waals surface area contributed by atoms with Gasteiger partial charge in [-0.2, -0.15) is 0 Å². The lowest BCUT2D eigenvalue weighted by Crippen LogP contribution is -2.09. The quantitative estimate of drug-likeness (QED) is 0.166. The molecule has 3 aromatic carbocycles. The average Bonchev–Trinajstić information content (AvgIpc) is 2.96. The van der Waals surface area contributed by atoms with E-state index in [9.17, 15) is 10.2 Å². The zero-order valence-electron chi connectivity index (χ0n) is 23.3. The van der Waals surface area contributed by atoms with E-state index in [1.807, 2.05) is 36.4 Å². The van der Waals surface area contributed by atoms with Gasteiger partial charge in [0.1, 0.15) is 11.5 Å². The van der Waals surface area contributed by atoms with Crippen LogP contribution < -0.4 is 9.47 Å². The zero-order chi connectivity index (χ0) is 27.0. The summed E-state index contributed by atoms with van der Waals surface area (Å²) in [5.41, 5.74) is 4.34. The maximum atomic E-state index is 10.1. The van der Waals surface area contributed by atoms with E-state index in [2.05, 4.69) is 50.2 Å². The predicted octanol–water partition coefficient (Wildman–Crippen LogP) is 8.44. The standard InChI is InChI=1S/C34H46O4/c1-3-5-13-29(35)15-11-25-37-33-19-9-7-17-31(33)27-21-23-28(24-22-27)32-18-8-10-20-34(32)38-26-12-16-30(36)14-6-4-2/h7-10,17-24,29-30,35-36H,3-6,11-16,25-26H2,1-2H3. The third-order valence-electron chi connectivity index (χ3n) is 6.94. The van der Waals surface area contributed by atoms with Crippen LogP contribution in [0.4, 0.5) is 0 Å². The van der Waals surface area contributed by atoms with Crippen molar-refractivity contribution in [1.29, 1.82) is 0 Å². The molecule has 0 radical (unpaired) electrons. The fourth-order valence-electron chi connectivity index (χ4n) is 4.66. The Labute approximate surface area is 229 Å². The third-order valence-corrected chi connectivity index (χ3v) is 6.94. The monoisotopic (exact) mass is 518 g/mol. The number of ether oxygens (including phenoxy) is 2. The average molecular weight is 519 g/mol. The topological polar surface area (TPSA) is 58.9 Å². The van der Waals surface area contributed by atoms with Crippen LogP contribution in [0.15, 0.2) is 72.8 Å². The van der Waals surface area contributed by atoms with Gasteiger partial charge in [0.15, 0.2) is 0 Å². The van der Waals surface area contributed by atoms with Gasteiger partial charge in [-0.05, 0) is 61.8 Å². The molecule has 4 heteroatoms. The Morgan fingerprint density at radius 1 is 0.526 bits per heavy atom. The van der Waals surface area contributed by atoms with E-state index in [0.717, 1.165) is 98.0 Å². The molecule has 2 atom stereocenters. The number of hydrogen-bond acceptors (Lipinski definition) is 4. The molecule has 0 aliphatic rings. The van der Waals surface area contributed by atoms with Gasteiger partial charge in [0, 0.05) is 11.1 Å². The van der Waals surface area contributed by atoms with Crippen LogP contribution in [0, 0.1) is 0 Å². The molecule has 0 bridgehead atoms. The molecule has 3 aromatic rings. The second kappa shape index (κ2) is 16.9. The van der Waals surface area contributed by atoms with E-state index in [1.54, 1.807) is 0 Å². The van der Waals surface area contributed by atoms with E-state index < -0.39 is 0 Å². The van der Waals surface area contributed by atoms with Crippen molar-refractivity contribution < 1.29 is 19.7 Å². The summed E-state index contributed by atoms with van der Waals surface area (Å²) in [6.45, 7) is 5.49. The highest BCUT2D eigenvalue weighted by molar-refractivity contribution is 5.76. The first-order valence-corrected chi connectivity index (χ1v) is 14.5. The molecule has 3 rings (SSSR count). The highest BCUT2D eigenvalue weighted by Crippen LogP contribution is 2.34. The van der Waals surface area contributed by atoms with Crippen LogP contribution in [-0.2, 0) is 0 Å². The van der Waals surface area contributed by atoms with Gasteiger partial charge < -0.3 is 19.7 Å². The molecule has 0 aliphatic heterocycles. The van der Waals surface area contributed by atoms with Crippen molar-refractivity contribution in [1.82, 2.24) is 0 Å². The molecule has 0 fully saturated rings. The number of unbranched alkanes of at least 4 members (excludes halogenated alkanes) is 2. The van der Waals surface area contributed by atoms with Gasteiger partial charge in [-0.3, -0.25) is 0 Å². The predicted molar refractivity (Wildman–Crippen MR) is 158 cm³/mol. The van der Waals surface area contributed by atoms with Crippen LogP contribution in [0.5, 0.6) is 11.5 Å². The number of hydrogen-bond donors (Lipinski definition) is 2. The molecule has 0 spiro atoms. The van der Waals surface area contributed by atoms with Crippen LogP contribution in [0.1, 0.15) is 78.1 Å². The summed E-state index contributed by atoms with van der Waals surface area (Å²) >= 11 is 0. The number of para-hydroxylation sites is 2. The molecule has 0 saturated carbocycles. The van der Waals surface area contributed by atoms with Crippen molar-refractivity contribution in [2.24, 2.45) is 0 Å². The summed E-state index contributed by atoms with van der Waals surface area (Å²) in [7, 11) is 0. The van der Waals surface area contributed by atoms with E-state index in [1.165, 1.54) is 0 Å². The van der Waals surface area contributed by atoms with Crippen LogP contribution >= 0.6 is 0 Å². The summed E-state index contributed by atoms with van der Waals surface area (Å²) in [6.07, 6.45) is 8.88. The maximum Gasteiger partial charge on any atom is 0.127 e. The van der Waals surface area contributed by atoms with Crippen LogP contribution in [0.3, 0.4) is 0 Å². The van der Waals surface area contributed by atoms with E-state index in [-0.39, 0.29) is 12.2 Å². The van der Waals surface area contributed by atoms with Gasteiger partial charge >= 0.3 is 0 Å². The second-order valence-corrected chi connectivity index (χ2v) is 10.1. The van der Waals surface area contributed by atoms with Crippen LogP contribution in [0.2, 0.25) is 0 Å². The Morgan fingerprint density at radius 2 is 0.895 bits per heavy atom. The molecule has 206 valence electrons. The van der Waals surface area contributed by atoms with Crippen LogP contribution in [-0.4, -0.2) is 35.6 Å². The molecule has 4 nitrogen and oxygen atoms in total. The summed E-state index contributed by atoms with van der Waals surface area (Å²) in [6, 6.07) is 24.8. The molecule has 0 heterocycles. The summed E-state index contributed by atoms with van der Waals surface area (Å²) < 4.78 is 12.2.